The van der Waals surface area contributed by atoms with Crippen LogP contribution < -0.4 is 20.3 Å². The molecule has 0 aliphatic heterocycles. The molecule has 2 aromatic rings. The van der Waals surface area contributed by atoms with Crippen molar-refractivity contribution in [3.05, 3.63) is 59.2 Å². The summed E-state index contributed by atoms with van der Waals surface area (Å²) in [5.74, 6) is 0.675. The van der Waals surface area contributed by atoms with Gasteiger partial charge >= 0.3 is 0 Å². The van der Waals surface area contributed by atoms with Gasteiger partial charge in [-0.05, 0) is 55.5 Å². The summed E-state index contributed by atoms with van der Waals surface area (Å²) in [7, 11) is 0. The Kier molecular flexibility index (Phi) is 7.44. The summed E-state index contributed by atoms with van der Waals surface area (Å²) in [5, 5.41) is 0. The van der Waals surface area contributed by atoms with Crippen molar-refractivity contribution in [2.75, 3.05) is 6.61 Å². The fourth-order valence-corrected chi connectivity index (χ4v) is 2.59. The Hall–Kier alpha value is -3.02. The van der Waals surface area contributed by atoms with Crippen LogP contribution in [-0.2, 0) is 9.59 Å². The van der Waals surface area contributed by atoms with Gasteiger partial charge in [-0.15, -0.1) is 0 Å². The number of benzene rings is 2. The fraction of sp³-hybridized carbons (Fsp3) is 0.364. The van der Waals surface area contributed by atoms with Gasteiger partial charge in [-0.2, -0.15) is 0 Å². The van der Waals surface area contributed by atoms with Crippen molar-refractivity contribution < 1.29 is 19.1 Å². The maximum Gasteiger partial charge on any atom is 0.279 e. The van der Waals surface area contributed by atoms with Crippen LogP contribution in [0.4, 0.5) is 0 Å². The maximum absolute atomic E-state index is 12.1. The van der Waals surface area contributed by atoms with Crippen LogP contribution in [0.3, 0.4) is 0 Å². The van der Waals surface area contributed by atoms with Crippen molar-refractivity contribution in [1.29, 1.82) is 0 Å². The van der Waals surface area contributed by atoms with E-state index in [1.54, 1.807) is 13.0 Å². The zero-order valence-corrected chi connectivity index (χ0v) is 17.0. The number of aryl methyl sites for hydroxylation is 2. The number of amides is 2. The van der Waals surface area contributed by atoms with Crippen LogP contribution in [0.25, 0.3) is 0 Å². The lowest BCUT2D eigenvalue weighted by Gasteiger charge is -2.17. The van der Waals surface area contributed by atoms with E-state index in [9.17, 15) is 9.59 Å². The van der Waals surface area contributed by atoms with E-state index in [-0.39, 0.29) is 12.5 Å². The highest BCUT2D eigenvalue weighted by atomic mass is 16.5. The first-order valence-corrected chi connectivity index (χ1v) is 9.32. The first-order chi connectivity index (χ1) is 13.3. The summed E-state index contributed by atoms with van der Waals surface area (Å²) in [6.45, 7) is 9.41. The third kappa shape index (κ3) is 6.01. The first-order valence-electron chi connectivity index (χ1n) is 9.32. The predicted molar refractivity (Wildman–Crippen MR) is 108 cm³/mol. The van der Waals surface area contributed by atoms with E-state index < -0.39 is 17.9 Å². The molecule has 2 aromatic carbocycles. The lowest BCUT2D eigenvalue weighted by atomic mass is 10.0. The Morgan fingerprint density at radius 2 is 1.68 bits per heavy atom. The number of ether oxygens (including phenoxy) is 2. The summed E-state index contributed by atoms with van der Waals surface area (Å²) in [6, 6.07) is 13.3. The van der Waals surface area contributed by atoms with Crippen LogP contribution in [-0.4, -0.2) is 24.5 Å². The van der Waals surface area contributed by atoms with Gasteiger partial charge < -0.3 is 9.47 Å². The van der Waals surface area contributed by atoms with E-state index in [0.29, 0.717) is 11.5 Å². The molecule has 2 amide bonds. The predicted octanol–water partition coefficient (Wildman–Crippen LogP) is 3.42. The molecule has 2 rings (SSSR count). The van der Waals surface area contributed by atoms with Gasteiger partial charge in [-0.1, -0.05) is 44.2 Å². The molecule has 0 radical (unpaired) electrons. The molecule has 28 heavy (non-hydrogen) atoms. The molecule has 1 atom stereocenters. The zero-order chi connectivity index (χ0) is 20.7. The van der Waals surface area contributed by atoms with Crippen LogP contribution in [0.2, 0.25) is 0 Å². The van der Waals surface area contributed by atoms with Gasteiger partial charge in [-0.3, -0.25) is 20.4 Å². The van der Waals surface area contributed by atoms with E-state index in [4.69, 9.17) is 9.47 Å². The topological polar surface area (TPSA) is 76.7 Å². The molecule has 6 nitrogen and oxygen atoms in total. The molecule has 0 saturated carbocycles. The Morgan fingerprint density at radius 1 is 0.964 bits per heavy atom. The number of carbonyl (C=O) groups excluding carboxylic acids is 2. The summed E-state index contributed by atoms with van der Waals surface area (Å²) in [5.41, 5.74) is 7.73. The minimum absolute atomic E-state index is 0.198. The van der Waals surface area contributed by atoms with Crippen molar-refractivity contribution in [3.63, 3.8) is 0 Å². The standard InChI is InChI=1S/C22H28N2O4/c1-14(2)18-11-10-15(3)12-20(18)27-13-21(25)23-24-22(26)17(5)28-19-9-7-6-8-16(19)4/h6-12,14,17H,13H2,1-5H3,(H,23,25)(H,24,26). The van der Waals surface area contributed by atoms with Gasteiger partial charge in [0.1, 0.15) is 11.5 Å². The normalized spacial score (nSPS) is 11.6. The highest BCUT2D eigenvalue weighted by Gasteiger charge is 2.17. The Bertz CT molecular complexity index is 833. The molecule has 0 saturated heterocycles. The summed E-state index contributed by atoms with van der Waals surface area (Å²) in [4.78, 5) is 24.2. The second-order valence-electron chi connectivity index (χ2n) is 7.05. The van der Waals surface area contributed by atoms with Crippen molar-refractivity contribution in [2.24, 2.45) is 0 Å². The third-order valence-electron chi connectivity index (χ3n) is 4.24. The molecular weight excluding hydrogens is 356 g/mol. The highest BCUT2D eigenvalue weighted by Crippen LogP contribution is 2.27. The van der Waals surface area contributed by atoms with Gasteiger partial charge in [0.2, 0.25) is 0 Å². The minimum atomic E-state index is -0.758. The largest absolute Gasteiger partial charge is 0.483 e. The average molecular weight is 384 g/mol. The monoisotopic (exact) mass is 384 g/mol. The Balaban J connectivity index is 1.83. The molecule has 1 unspecified atom stereocenters. The molecular formula is C22H28N2O4. The Labute approximate surface area is 166 Å². The van der Waals surface area contributed by atoms with Crippen LogP contribution in [0.15, 0.2) is 42.5 Å². The molecule has 2 N–H and O–H groups in total. The number of hydrazine groups is 1. The smallest absolute Gasteiger partial charge is 0.279 e. The molecule has 150 valence electrons. The zero-order valence-electron chi connectivity index (χ0n) is 17.0. The Morgan fingerprint density at radius 3 is 2.36 bits per heavy atom. The summed E-state index contributed by atoms with van der Waals surface area (Å²) in [6.07, 6.45) is -0.758. The van der Waals surface area contributed by atoms with Crippen LogP contribution >= 0.6 is 0 Å². The molecule has 6 heteroatoms. The van der Waals surface area contributed by atoms with Crippen LogP contribution in [0, 0.1) is 13.8 Å². The van der Waals surface area contributed by atoms with Gasteiger partial charge in [0.25, 0.3) is 11.8 Å². The quantitative estimate of drug-likeness (QED) is 0.717. The van der Waals surface area contributed by atoms with Crippen molar-refractivity contribution in [3.8, 4) is 11.5 Å². The molecule has 0 aliphatic rings. The SMILES string of the molecule is Cc1ccc(C(C)C)c(OCC(=O)NNC(=O)C(C)Oc2ccccc2C)c1. The fourth-order valence-electron chi connectivity index (χ4n) is 2.59. The highest BCUT2D eigenvalue weighted by molar-refractivity contribution is 5.85. The van der Waals surface area contributed by atoms with Crippen molar-refractivity contribution >= 4 is 11.8 Å². The summed E-state index contributed by atoms with van der Waals surface area (Å²) < 4.78 is 11.3. The molecule has 0 fully saturated rings. The van der Waals surface area contributed by atoms with Crippen molar-refractivity contribution in [1.82, 2.24) is 10.9 Å². The number of hydrogen-bond donors (Lipinski definition) is 2. The van der Waals surface area contributed by atoms with Gasteiger partial charge in [0.05, 0.1) is 0 Å². The molecule has 0 bridgehead atoms. The van der Waals surface area contributed by atoms with Crippen LogP contribution in [0.1, 0.15) is 43.4 Å². The van der Waals surface area contributed by atoms with Crippen LogP contribution in [0.5, 0.6) is 11.5 Å². The van der Waals surface area contributed by atoms with Gasteiger partial charge in [0.15, 0.2) is 12.7 Å². The molecule has 0 heterocycles. The van der Waals surface area contributed by atoms with E-state index >= 15 is 0 Å². The number of hydrogen-bond acceptors (Lipinski definition) is 4. The van der Waals surface area contributed by atoms with E-state index in [1.165, 1.54) is 0 Å². The van der Waals surface area contributed by atoms with Crippen molar-refractivity contribution in [2.45, 2.75) is 46.6 Å². The second-order valence-corrected chi connectivity index (χ2v) is 7.05. The lowest BCUT2D eigenvalue weighted by Crippen LogP contribution is -2.48. The molecule has 0 aromatic heterocycles. The average Bonchev–Trinajstić information content (AvgIpc) is 2.65. The number of nitrogens with one attached hydrogen (secondary N) is 2. The van der Waals surface area contributed by atoms with E-state index in [0.717, 1.165) is 16.7 Å². The lowest BCUT2D eigenvalue weighted by molar-refractivity contribution is -0.133. The van der Waals surface area contributed by atoms with Gasteiger partial charge in [-0.25, -0.2) is 0 Å². The molecule has 0 aliphatic carbocycles. The van der Waals surface area contributed by atoms with E-state index in [1.807, 2.05) is 50.2 Å². The number of rotatable bonds is 7. The van der Waals surface area contributed by atoms with Gasteiger partial charge in [0, 0.05) is 0 Å². The third-order valence-corrected chi connectivity index (χ3v) is 4.24. The first kappa shape index (κ1) is 21.3. The van der Waals surface area contributed by atoms with E-state index in [2.05, 4.69) is 24.7 Å². The minimum Gasteiger partial charge on any atom is -0.483 e. The summed E-state index contributed by atoms with van der Waals surface area (Å²) >= 11 is 0. The number of para-hydroxylation sites is 1. The molecule has 0 spiro atoms. The second kappa shape index (κ2) is 9.78. The number of carbonyl (C=O) groups is 2. The maximum atomic E-state index is 12.1.